The maximum absolute atomic E-state index is 12.6. The Hall–Kier alpha value is -1.65. The fourth-order valence-electron chi connectivity index (χ4n) is 3.28. The first kappa shape index (κ1) is 20.1. The maximum Gasteiger partial charge on any atom is 0.233 e. The van der Waals surface area contributed by atoms with E-state index in [-0.39, 0.29) is 11.2 Å². The van der Waals surface area contributed by atoms with Gasteiger partial charge in [-0.1, -0.05) is 30.7 Å². The van der Waals surface area contributed by atoms with Crippen molar-refractivity contribution >= 4 is 35.0 Å². The van der Waals surface area contributed by atoms with Crippen LogP contribution in [0.25, 0.3) is 0 Å². The molecule has 3 rings (SSSR count). The average Bonchev–Trinajstić information content (AvgIpc) is 2.72. The fraction of sp³-hybridized carbons (Fsp3) is 0.409. The summed E-state index contributed by atoms with van der Waals surface area (Å²) in [6, 6.07) is 16.2. The van der Waals surface area contributed by atoms with Crippen molar-refractivity contribution < 1.29 is 4.79 Å². The summed E-state index contributed by atoms with van der Waals surface area (Å²) in [5.74, 6) is 0.0811. The first-order chi connectivity index (χ1) is 13.2. The molecule has 0 bridgehead atoms. The number of rotatable bonds is 7. The number of piperidine rings is 1. The summed E-state index contributed by atoms with van der Waals surface area (Å²) in [6.45, 7) is 4.91. The van der Waals surface area contributed by atoms with Crippen molar-refractivity contribution in [2.75, 3.05) is 18.0 Å². The van der Waals surface area contributed by atoms with Gasteiger partial charge < -0.3 is 10.2 Å². The molecule has 144 valence electrons. The number of benzene rings is 2. The van der Waals surface area contributed by atoms with Crippen molar-refractivity contribution in [3.63, 3.8) is 0 Å². The Balaban J connectivity index is 1.51. The van der Waals surface area contributed by atoms with Crippen LogP contribution in [-0.4, -0.2) is 24.2 Å². The van der Waals surface area contributed by atoms with Crippen molar-refractivity contribution in [1.29, 1.82) is 0 Å². The molecule has 3 nitrogen and oxygen atoms in total. The molecule has 0 spiro atoms. The van der Waals surface area contributed by atoms with Crippen LogP contribution >= 0.6 is 23.4 Å². The molecule has 2 aromatic carbocycles. The van der Waals surface area contributed by atoms with Gasteiger partial charge in [0.15, 0.2) is 0 Å². The Kier molecular flexibility index (Phi) is 7.48. The van der Waals surface area contributed by atoms with Crippen LogP contribution in [0, 0.1) is 0 Å². The fourth-order valence-corrected chi connectivity index (χ4v) is 4.38. The zero-order valence-corrected chi connectivity index (χ0v) is 17.4. The second kappa shape index (κ2) is 10.0. The minimum Gasteiger partial charge on any atom is -0.372 e. The molecule has 5 heteroatoms. The highest BCUT2D eigenvalue weighted by atomic mass is 35.5. The van der Waals surface area contributed by atoms with Crippen molar-refractivity contribution in [3.8, 4) is 0 Å². The normalized spacial score (nSPS) is 15.4. The first-order valence-electron chi connectivity index (χ1n) is 9.69. The lowest BCUT2D eigenvalue weighted by Crippen LogP contribution is -2.32. The van der Waals surface area contributed by atoms with Gasteiger partial charge in [-0.15, -0.1) is 11.8 Å². The summed E-state index contributed by atoms with van der Waals surface area (Å²) < 4.78 is 0. The van der Waals surface area contributed by atoms with Gasteiger partial charge in [-0.3, -0.25) is 4.79 Å². The minimum absolute atomic E-state index is 0.0811. The van der Waals surface area contributed by atoms with Crippen molar-refractivity contribution in [1.82, 2.24) is 5.32 Å². The van der Waals surface area contributed by atoms with E-state index in [1.165, 1.54) is 24.9 Å². The summed E-state index contributed by atoms with van der Waals surface area (Å²) in [5.41, 5.74) is 2.42. The van der Waals surface area contributed by atoms with Crippen molar-refractivity contribution in [2.24, 2.45) is 0 Å². The predicted molar refractivity (Wildman–Crippen MR) is 116 cm³/mol. The van der Waals surface area contributed by atoms with E-state index in [1.54, 1.807) is 11.8 Å². The number of nitrogens with one attached hydrogen (secondary N) is 1. The number of halogens is 1. The van der Waals surface area contributed by atoms with Gasteiger partial charge in [0, 0.05) is 35.2 Å². The molecule has 0 saturated carbocycles. The minimum atomic E-state index is -0.0983. The Morgan fingerprint density at radius 1 is 1.07 bits per heavy atom. The second-order valence-electron chi connectivity index (χ2n) is 6.90. The lowest BCUT2D eigenvalue weighted by Gasteiger charge is -2.28. The van der Waals surface area contributed by atoms with E-state index in [4.69, 9.17) is 11.6 Å². The van der Waals surface area contributed by atoms with Crippen LogP contribution in [-0.2, 0) is 11.3 Å². The summed E-state index contributed by atoms with van der Waals surface area (Å²) in [5, 5.41) is 3.70. The lowest BCUT2D eigenvalue weighted by atomic mass is 10.1. The van der Waals surface area contributed by atoms with Gasteiger partial charge in [0.1, 0.15) is 0 Å². The third kappa shape index (κ3) is 5.91. The number of thioether (sulfide) groups is 1. The topological polar surface area (TPSA) is 32.3 Å². The third-order valence-electron chi connectivity index (χ3n) is 4.88. The smallest absolute Gasteiger partial charge is 0.233 e. The van der Waals surface area contributed by atoms with E-state index in [1.807, 2.05) is 31.2 Å². The Morgan fingerprint density at radius 2 is 1.74 bits per heavy atom. The molecule has 1 atom stereocenters. The highest BCUT2D eigenvalue weighted by Gasteiger charge is 2.17. The molecule has 1 amide bonds. The molecule has 0 unspecified atom stereocenters. The van der Waals surface area contributed by atoms with Gasteiger partial charge >= 0.3 is 0 Å². The van der Waals surface area contributed by atoms with E-state index in [9.17, 15) is 4.79 Å². The summed E-state index contributed by atoms with van der Waals surface area (Å²) in [6.07, 6.45) is 4.68. The molecule has 0 aliphatic carbocycles. The van der Waals surface area contributed by atoms with Gasteiger partial charge in [-0.25, -0.2) is 0 Å². The maximum atomic E-state index is 12.6. The number of anilines is 1. The Labute approximate surface area is 171 Å². The molecule has 1 aliphatic rings. The van der Waals surface area contributed by atoms with Gasteiger partial charge in [0.05, 0.1) is 5.25 Å². The highest BCUT2D eigenvalue weighted by Crippen LogP contribution is 2.27. The molecule has 1 aliphatic heterocycles. The highest BCUT2D eigenvalue weighted by molar-refractivity contribution is 8.00. The van der Waals surface area contributed by atoms with Crippen molar-refractivity contribution in [3.05, 3.63) is 59.1 Å². The van der Waals surface area contributed by atoms with Gasteiger partial charge in [-0.05, 0) is 67.6 Å². The van der Waals surface area contributed by atoms with E-state index < -0.39 is 0 Å². The molecule has 1 saturated heterocycles. The predicted octanol–water partition coefficient (Wildman–Crippen LogP) is 5.52. The number of carbonyl (C=O) groups is 1. The lowest BCUT2D eigenvalue weighted by molar-refractivity contribution is -0.120. The zero-order chi connectivity index (χ0) is 19.1. The van der Waals surface area contributed by atoms with Crippen LogP contribution in [0.3, 0.4) is 0 Å². The molecule has 0 radical (unpaired) electrons. The number of amides is 1. The molecule has 2 aromatic rings. The van der Waals surface area contributed by atoms with Crippen LogP contribution in [0.1, 0.15) is 38.2 Å². The Bertz CT molecular complexity index is 727. The molecule has 1 heterocycles. The number of carbonyl (C=O) groups excluding carboxylic acids is 1. The molecular formula is C22H27ClN2OS. The van der Waals surface area contributed by atoms with Gasteiger partial charge in [0.25, 0.3) is 0 Å². The van der Waals surface area contributed by atoms with Crippen LogP contribution < -0.4 is 10.2 Å². The third-order valence-corrected chi connectivity index (χ3v) is 6.51. The van der Waals surface area contributed by atoms with Crippen LogP contribution in [0.15, 0.2) is 53.4 Å². The molecule has 27 heavy (non-hydrogen) atoms. The van der Waals surface area contributed by atoms with E-state index >= 15 is 0 Å². The Morgan fingerprint density at radius 3 is 2.37 bits per heavy atom. The van der Waals surface area contributed by atoms with E-state index in [0.717, 1.165) is 30.0 Å². The number of hydrogen-bond acceptors (Lipinski definition) is 3. The summed E-state index contributed by atoms with van der Waals surface area (Å²) in [4.78, 5) is 16.1. The molecule has 0 aromatic heterocycles. The molecule has 1 fully saturated rings. The molecule has 1 N–H and O–H groups in total. The quantitative estimate of drug-likeness (QED) is 0.619. The van der Waals surface area contributed by atoms with Crippen LogP contribution in [0.4, 0.5) is 5.69 Å². The van der Waals surface area contributed by atoms with Crippen molar-refractivity contribution in [2.45, 2.75) is 49.3 Å². The summed E-state index contributed by atoms with van der Waals surface area (Å²) >= 11 is 7.52. The van der Waals surface area contributed by atoms with Crippen LogP contribution in [0.5, 0.6) is 0 Å². The average molecular weight is 403 g/mol. The monoisotopic (exact) mass is 402 g/mol. The van der Waals surface area contributed by atoms with Gasteiger partial charge in [0.2, 0.25) is 5.91 Å². The number of hydrogen-bond donors (Lipinski definition) is 1. The second-order valence-corrected chi connectivity index (χ2v) is 8.61. The largest absolute Gasteiger partial charge is 0.372 e. The van der Waals surface area contributed by atoms with Crippen LogP contribution in [0.2, 0.25) is 5.02 Å². The SMILES string of the molecule is CC[C@H](Sc1ccc(Cl)cc1)C(=O)NCc1ccc(N2CCCCC2)cc1. The standard InChI is InChI=1S/C22H27ClN2OS/c1-2-21(27-20-12-8-18(23)9-13-20)22(26)24-16-17-6-10-19(11-7-17)25-14-4-3-5-15-25/h6-13,21H,2-5,14-16H2,1H3,(H,24,26)/t21-/m0/s1. The first-order valence-corrected chi connectivity index (χ1v) is 11.0. The summed E-state index contributed by atoms with van der Waals surface area (Å²) in [7, 11) is 0. The van der Waals surface area contributed by atoms with E-state index in [0.29, 0.717) is 11.6 Å². The van der Waals surface area contributed by atoms with Gasteiger partial charge in [-0.2, -0.15) is 0 Å². The number of nitrogens with zero attached hydrogens (tertiary/aromatic N) is 1. The zero-order valence-electron chi connectivity index (χ0n) is 15.8. The molecular weight excluding hydrogens is 376 g/mol. The van der Waals surface area contributed by atoms with E-state index in [2.05, 4.69) is 34.5 Å².